The Morgan fingerprint density at radius 1 is 1.18 bits per heavy atom. The van der Waals surface area contributed by atoms with Gasteiger partial charge in [-0.2, -0.15) is 5.10 Å². The molecule has 0 radical (unpaired) electrons. The van der Waals surface area contributed by atoms with Gasteiger partial charge in [-0.15, -0.1) is 11.3 Å². The molecule has 3 aromatic rings. The van der Waals surface area contributed by atoms with Crippen molar-refractivity contribution in [3.8, 4) is 11.3 Å². The summed E-state index contributed by atoms with van der Waals surface area (Å²) in [6.45, 7) is 0. The van der Waals surface area contributed by atoms with E-state index in [9.17, 15) is 9.59 Å². The van der Waals surface area contributed by atoms with Crippen LogP contribution in [0, 0.1) is 0 Å². The number of nitrogens with zero attached hydrogens (tertiary/aromatic N) is 2. The van der Waals surface area contributed by atoms with E-state index >= 15 is 0 Å². The number of aromatic amines is 1. The number of rotatable bonds is 3. The molecule has 8 heteroatoms. The Labute approximate surface area is 133 Å². The van der Waals surface area contributed by atoms with Crippen LogP contribution in [0.1, 0.15) is 10.5 Å². The van der Waals surface area contributed by atoms with Crippen molar-refractivity contribution < 1.29 is 4.79 Å². The van der Waals surface area contributed by atoms with Crippen molar-refractivity contribution >= 4 is 34.0 Å². The first-order valence-corrected chi connectivity index (χ1v) is 7.46. The fraction of sp³-hybridized carbons (Fsp3) is 0. The van der Waals surface area contributed by atoms with Gasteiger partial charge in [0.15, 0.2) is 5.13 Å². The van der Waals surface area contributed by atoms with Gasteiger partial charge >= 0.3 is 0 Å². The van der Waals surface area contributed by atoms with Crippen LogP contribution in [0.2, 0.25) is 5.02 Å². The number of benzene rings is 1. The van der Waals surface area contributed by atoms with Gasteiger partial charge in [0.25, 0.3) is 11.5 Å². The molecule has 0 fully saturated rings. The Morgan fingerprint density at radius 3 is 2.64 bits per heavy atom. The number of amides is 1. The molecule has 0 bridgehead atoms. The number of carbonyl (C=O) groups excluding carboxylic acids is 1. The molecule has 0 aliphatic heterocycles. The third-order valence-electron chi connectivity index (χ3n) is 2.78. The molecule has 2 aromatic heterocycles. The molecule has 6 nitrogen and oxygen atoms in total. The van der Waals surface area contributed by atoms with E-state index in [1.165, 1.54) is 23.5 Å². The Bertz CT molecular complexity index is 853. The van der Waals surface area contributed by atoms with Gasteiger partial charge in [-0.3, -0.25) is 14.9 Å². The summed E-state index contributed by atoms with van der Waals surface area (Å²) in [6, 6.07) is 9.85. The first-order chi connectivity index (χ1) is 10.6. The molecule has 0 unspecified atom stereocenters. The highest BCUT2D eigenvalue weighted by molar-refractivity contribution is 7.14. The molecule has 110 valence electrons. The van der Waals surface area contributed by atoms with E-state index < -0.39 is 5.91 Å². The minimum atomic E-state index is -0.437. The lowest BCUT2D eigenvalue weighted by Crippen LogP contribution is -2.17. The van der Waals surface area contributed by atoms with Crippen molar-refractivity contribution in [1.29, 1.82) is 0 Å². The van der Waals surface area contributed by atoms with E-state index in [0.29, 0.717) is 10.2 Å². The number of hydrogen-bond acceptors (Lipinski definition) is 5. The van der Waals surface area contributed by atoms with E-state index in [-0.39, 0.29) is 11.3 Å². The predicted molar refractivity (Wildman–Crippen MR) is 85.4 cm³/mol. The Balaban J connectivity index is 1.76. The number of thiazole rings is 1. The second kappa shape index (κ2) is 6.08. The molecule has 0 saturated carbocycles. The maximum atomic E-state index is 12.0. The van der Waals surface area contributed by atoms with Crippen LogP contribution in [0.3, 0.4) is 0 Å². The van der Waals surface area contributed by atoms with E-state index in [0.717, 1.165) is 11.3 Å². The first-order valence-electron chi connectivity index (χ1n) is 6.20. The van der Waals surface area contributed by atoms with Crippen LogP contribution in [-0.2, 0) is 0 Å². The van der Waals surface area contributed by atoms with E-state index in [1.54, 1.807) is 12.1 Å². The minimum absolute atomic E-state index is 0.114. The lowest BCUT2D eigenvalue weighted by Gasteiger charge is -2.00. The quantitative estimate of drug-likeness (QED) is 0.772. The number of halogens is 1. The number of H-pyrrole nitrogens is 1. The molecule has 1 aromatic carbocycles. The second-order valence-corrected chi connectivity index (χ2v) is 5.60. The summed E-state index contributed by atoms with van der Waals surface area (Å²) in [5.74, 6) is -0.437. The summed E-state index contributed by atoms with van der Waals surface area (Å²) in [5, 5.41) is 11.4. The number of anilines is 1. The normalized spacial score (nSPS) is 10.4. The SMILES string of the molecule is O=C(Nc1nc(-c2ccc(Cl)cc2)cs1)c1ccc(=O)[nH]n1. The zero-order chi connectivity index (χ0) is 15.5. The highest BCUT2D eigenvalue weighted by atomic mass is 35.5. The molecule has 0 atom stereocenters. The summed E-state index contributed by atoms with van der Waals surface area (Å²) >= 11 is 7.14. The number of carbonyl (C=O) groups is 1. The van der Waals surface area contributed by atoms with E-state index in [1.807, 2.05) is 17.5 Å². The molecule has 22 heavy (non-hydrogen) atoms. The topological polar surface area (TPSA) is 87.7 Å². The fourth-order valence-corrected chi connectivity index (χ4v) is 2.56. The molecule has 3 rings (SSSR count). The zero-order valence-electron chi connectivity index (χ0n) is 11.0. The number of hydrogen-bond donors (Lipinski definition) is 2. The van der Waals surface area contributed by atoms with Crippen LogP contribution in [-0.4, -0.2) is 21.1 Å². The Morgan fingerprint density at radius 2 is 1.95 bits per heavy atom. The molecular formula is C14H9ClN4O2S. The maximum Gasteiger partial charge on any atom is 0.277 e. The third-order valence-corrected chi connectivity index (χ3v) is 3.79. The van der Waals surface area contributed by atoms with Gasteiger partial charge in [-0.25, -0.2) is 10.1 Å². The van der Waals surface area contributed by atoms with Crippen molar-refractivity contribution in [3.63, 3.8) is 0 Å². The maximum absolute atomic E-state index is 12.0. The van der Waals surface area contributed by atoms with Crippen LogP contribution in [0.15, 0.2) is 46.6 Å². The molecule has 0 aliphatic carbocycles. The van der Waals surface area contributed by atoms with Crippen LogP contribution in [0.5, 0.6) is 0 Å². The average Bonchev–Trinajstić information content (AvgIpc) is 2.97. The van der Waals surface area contributed by atoms with Gasteiger partial charge in [0.05, 0.1) is 5.69 Å². The van der Waals surface area contributed by atoms with Crippen molar-refractivity contribution in [2.24, 2.45) is 0 Å². The van der Waals surface area contributed by atoms with Crippen molar-refractivity contribution in [3.05, 3.63) is 62.8 Å². The highest BCUT2D eigenvalue weighted by Crippen LogP contribution is 2.26. The molecule has 2 heterocycles. The first kappa shape index (κ1) is 14.4. The Hall–Kier alpha value is -2.51. The molecule has 0 aliphatic rings. The average molecular weight is 333 g/mol. The van der Waals surface area contributed by atoms with Gasteiger partial charge in [0.1, 0.15) is 5.69 Å². The molecule has 0 spiro atoms. The van der Waals surface area contributed by atoms with E-state index in [2.05, 4.69) is 20.5 Å². The van der Waals surface area contributed by atoms with Crippen LogP contribution < -0.4 is 10.9 Å². The fourth-order valence-electron chi connectivity index (χ4n) is 1.72. The molecule has 1 amide bonds. The standard InChI is InChI=1S/C14H9ClN4O2S/c15-9-3-1-8(2-4-9)11-7-22-14(16-11)17-13(21)10-5-6-12(20)19-18-10/h1-7H,(H,19,20)(H,16,17,21). The summed E-state index contributed by atoms with van der Waals surface area (Å²) < 4.78 is 0. The summed E-state index contributed by atoms with van der Waals surface area (Å²) in [7, 11) is 0. The van der Waals surface area contributed by atoms with Gasteiger partial charge in [-0.05, 0) is 18.2 Å². The molecular weight excluding hydrogens is 324 g/mol. The summed E-state index contributed by atoms with van der Waals surface area (Å²) in [6.07, 6.45) is 0. The smallest absolute Gasteiger partial charge is 0.277 e. The monoisotopic (exact) mass is 332 g/mol. The molecule has 0 saturated heterocycles. The lowest BCUT2D eigenvalue weighted by molar-refractivity contribution is 0.102. The van der Waals surface area contributed by atoms with Gasteiger partial charge in [0, 0.05) is 22.0 Å². The number of aromatic nitrogens is 3. The Kier molecular flexibility index (Phi) is 3.99. The van der Waals surface area contributed by atoms with Gasteiger partial charge in [-0.1, -0.05) is 23.7 Å². The minimum Gasteiger partial charge on any atom is -0.296 e. The van der Waals surface area contributed by atoms with Gasteiger partial charge < -0.3 is 0 Å². The van der Waals surface area contributed by atoms with Crippen LogP contribution in [0.25, 0.3) is 11.3 Å². The predicted octanol–water partition coefficient (Wildman–Crippen LogP) is 2.80. The molecule has 2 N–H and O–H groups in total. The van der Waals surface area contributed by atoms with Crippen molar-refractivity contribution in [1.82, 2.24) is 15.2 Å². The third kappa shape index (κ3) is 3.21. The highest BCUT2D eigenvalue weighted by Gasteiger charge is 2.11. The van der Waals surface area contributed by atoms with Gasteiger partial charge in [0.2, 0.25) is 0 Å². The van der Waals surface area contributed by atoms with Crippen molar-refractivity contribution in [2.45, 2.75) is 0 Å². The zero-order valence-corrected chi connectivity index (χ0v) is 12.6. The van der Waals surface area contributed by atoms with Crippen LogP contribution >= 0.6 is 22.9 Å². The number of nitrogens with one attached hydrogen (secondary N) is 2. The van der Waals surface area contributed by atoms with Crippen molar-refractivity contribution in [2.75, 3.05) is 5.32 Å². The largest absolute Gasteiger partial charge is 0.296 e. The van der Waals surface area contributed by atoms with Crippen LogP contribution in [0.4, 0.5) is 5.13 Å². The lowest BCUT2D eigenvalue weighted by atomic mass is 10.2. The summed E-state index contributed by atoms with van der Waals surface area (Å²) in [4.78, 5) is 27.2. The van der Waals surface area contributed by atoms with E-state index in [4.69, 9.17) is 11.6 Å². The second-order valence-electron chi connectivity index (χ2n) is 4.31. The summed E-state index contributed by atoms with van der Waals surface area (Å²) in [5.41, 5.74) is 1.40.